The van der Waals surface area contributed by atoms with Gasteiger partial charge in [0.2, 0.25) is 5.71 Å². The summed E-state index contributed by atoms with van der Waals surface area (Å²) >= 11 is 0. The Hall–Kier alpha value is -2.95. The second-order valence-corrected chi connectivity index (χ2v) is 3.66. The SMILES string of the molecule is CCOC(=O)/C(C#N)=N/Nc1cc([N+](=O)[O-])ccc1C. The summed E-state index contributed by atoms with van der Waals surface area (Å²) in [7, 11) is 0. The van der Waals surface area contributed by atoms with Crippen LogP contribution in [0.15, 0.2) is 23.3 Å². The molecule has 0 saturated carbocycles. The van der Waals surface area contributed by atoms with Crippen LogP contribution in [-0.2, 0) is 9.53 Å². The lowest BCUT2D eigenvalue weighted by molar-refractivity contribution is -0.384. The number of carbonyl (C=O) groups is 1. The average Bonchev–Trinajstić information content (AvgIpc) is 2.41. The molecule has 0 fully saturated rings. The van der Waals surface area contributed by atoms with Gasteiger partial charge in [0.05, 0.1) is 17.2 Å². The summed E-state index contributed by atoms with van der Waals surface area (Å²) < 4.78 is 4.64. The molecular weight excluding hydrogens is 264 g/mol. The summed E-state index contributed by atoms with van der Waals surface area (Å²) in [6, 6.07) is 5.74. The monoisotopic (exact) mass is 276 g/mol. The Labute approximate surface area is 114 Å². The van der Waals surface area contributed by atoms with Gasteiger partial charge in [-0.25, -0.2) is 4.79 Å². The van der Waals surface area contributed by atoms with E-state index in [1.807, 2.05) is 0 Å². The highest BCUT2D eigenvalue weighted by Crippen LogP contribution is 2.21. The number of hydrogen-bond donors (Lipinski definition) is 1. The smallest absolute Gasteiger partial charge is 0.369 e. The fourth-order valence-electron chi connectivity index (χ4n) is 1.28. The number of hydrogen-bond acceptors (Lipinski definition) is 7. The molecule has 0 aliphatic carbocycles. The predicted octanol–water partition coefficient (Wildman–Crippen LogP) is 1.76. The van der Waals surface area contributed by atoms with E-state index in [2.05, 4.69) is 15.3 Å². The number of aryl methyl sites for hydroxylation is 1. The minimum atomic E-state index is -0.856. The molecule has 8 nitrogen and oxygen atoms in total. The van der Waals surface area contributed by atoms with Crippen molar-refractivity contribution in [2.24, 2.45) is 5.10 Å². The fraction of sp³-hybridized carbons (Fsp3) is 0.250. The van der Waals surface area contributed by atoms with E-state index >= 15 is 0 Å². The van der Waals surface area contributed by atoms with Crippen molar-refractivity contribution in [3.05, 3.63) is 33.9 Å². The third-order valence-corrected chi connectivity index (χ3v) is 2.29. The molecule has 20 heavy (non-hydrogen) atoms. The highest BCUT2D eigenvalue weighted by molar-refractivity contribution is 6.43. The summed E-state index contributed by atoms with van der Waals surface area (Å²) in [5.74, 6) is -0.856. The van der Waals surface area contributed by atoms with Gasteiger partial charge in [0, 0.05) is 12.1 Å². The number of non-ortho nitro benzene ring substituents is 1. The van der Waals surface area contributed by atoms with Gasteiger partial charge < -0.3 is 4.74 Å². The van der Waals surface area contributed by atoms with Crippen LogP contribution in [0.3, 0.4) is 0 Å². The number of nitrogens with zero attached hydrogens (tertiary/aromatic N) is 3. The molecule has 1 N–H and O–H groups in total. The summed E-state index contributed by atoms with van der Waals surface area (Å²) in [5, 5.41) is 23.1. The largest absolute Gasteiger partial charge is 0.461 e. The van der Waals surface area contributed by atoms with Crippen molar-refractivity contribution in [1.29, 1.82) is 5.26 Å². The van der Waals surface area contributed by atoms with Crippen molar-refractivity contribution in [1.82, 2.24) is 0 Å². The maximum atomic E-state index is 11.3. The number of carbonyl (C=O) groups excluding carboxylic acids is 1. The van der Waals surface area contributed by atoms with Crippen LogP contribution in [0.25, 0.3) is 0 Å². The van der Waals surface area contributed by atoms with Gasteiger partial charge in [0.15, 0.2) is 0 Å². The van der Waals surface area contributed by atoms with E-state index in [1.54, 1.807) is 19.9 Å². The number of benzene rings is 1. The van der Waals surface area contributed by atoms with Crippen molar-refractivity contribution < 1.29 is 14.5 Å². The quantitative estimate of drug-likeness (QED) is 0.379. The summed E-state index contributed by atoms with van der Waals surface area (Å²) in [6.45, 7) is 3.43. The first-order chi connectivity index (χ1) is 9.49. The molecule has 0 saturated heterocycles. The van der Waals surface area contributed by atoms with Crippen LogP contribution < -0.4 is 5.43 Å². The van der Waals surface area contributed by atoms with Crippen LogP contribution in [0, 0.1) is 28.4 Å². The van der Waals surface area contributed by atoms with E-state index in [-0.39, 0.29) is 12.3 Å². The normalized spacial score (nSPS) is 10.6. The maximum Gasteiger partial charge on any atom is 0.369 e. The van der Waals surface area contributed by atoms with Crippen molar-refractivity contribution in [3.8, 4) is 6.07 Å². The number of esters is 1. The first-order valence-electron chi connectivity index (χ1n) is 5.65. The van der Waals surface area contributed by atoms with E-state index in [9.17, 15) is 14.9 Å². The molecule has 0 aliphatic heterocycles. The maximum absolute atomic E-state index is 11.3. The molecule has 0 radical (unpaired) electrons. The minimum absolute atomic E-state index is 0.120. The Bertz CT molecular complexity index is 604. The van der Waals surface area contributed by atoms with E-state index in [0.29, 0.717) is 11.3 Å². The van der Waals surface area contributed by atoms with Gasteiger partial charge in [-0.3, -0.25) is 15.5 Å². The molecule has 0 atom stereocenters. The van der Waals surface area contributed by atoms with Crippen LogP contribution in [0.2, 0.25) is 0 Å². The van der Waals surface area contributed by atoms with Gasteiger partial charge in [-0.05, 0) is 19.4 Å². The lowest BCUT2D eigenvalue weighted by Gasteiger charge is -2.05. The van der Waals surface area contributed by atoms with E-state index in [1.165, 1.54) is 18.2 Å². The average molecular weight is 276 g/mol. The Kier molecular flexibility index (Phi) is 5.17. The van der Waals surface area contributed by atoms with Crippen LogP contribution in [-0.4, -0.2) is 23.2 Å². The van der Waals surface area contributed by atoms with Gasteiger partial charge >= 0.3 is 5.97 Å². The Morgan fingerprint density at radius 2 is 2.30 bits per heavy atom. The van der Waals surface area contributed by atoms with Gasteiger partial charge in [0.25, 0.3) is 5.69 Å². The molecule has 1 aromatic rings. The van der Waals surface area contributed by atoms with Gasteiger partial charge in [0.1, 0.15) is 6.07 Å². The third-order valence-electron chi connectivity index (χ3n) is 2.29. The van der Waals surface area contributed by atoms with Crippen molar-refractivity contribution in [3.63, 3.8) is 0 Å². The Balaban J connectivity index is 2.98. The number of nitriles is 1. The molecule has 0 heterocycles. The molecular formula is C12H12N4O4. The number of hydrazone groups is 1. The summed E-state index contributed by atoms with van der Waals surface area (Å²) in [6.07, 6.45) is 0. The zero-order valence-electron chi connectivity index (χ0n) is 10.9. The molecule has 0 aromatic heterocycles. The second-order valence-electron chi connectivity index (χ2n) is 3.66. The second kappa shape index (κ2) is 6.84. The fourth-order valence-corrected chi connectivity index (χ4v) is 1.28. The van der Waals surface area contributed by atoms with Crippen LogP contribution >= 0.6 is 0 Å². The molecule has 0 bridgehead atoms. The zero-order valence-corrected chi connectivity index (χ0v) is 10.9. The number of nitro groups is 1. The lowest BCUT2D eigenvalue weighted by Crippen LogP contribution is -2.17. The van der Waals surface area contributed by atoms with E-state index < -0.39 is 16.6 Å². The van der Waals surface area contributed by atoms with Crippen molar-refractivity contribution in [2.75, 3.05) is 12.0 Å². The molecule has 1 rings (SSSR count). The molecule has 8 heteroatoms. The first-order valence-corrected chi connectivity index (χ1v) is 5.65. The van der Waals surface area contributed by atoms with Crippen LogP contribution in [0.5, 0.6) is 0 Å². The zero-order chi connectivity index (χ0) is 15.1. The minimum Gasteiger partial charge on any atom is -0.461 e. The number of rotatable bonds is 5. The highest BCUT2D eigenvalue weighted by atomic mass is 16.6. The molecule has 104 valence electrons. The number of nitro benzene ring substituents is 1. The topological polar surface area (TPSA) is 118 Å². The summed E-state index contributed by atoms with van der Waals surface area (Å²) in [4.78, 5) is 21.4. The van der Waals surface area contributed by atoms with Crippen LogP contribution in [0.1, 0.15) is 12.5 Å². The molecule has 0 aliphatic rings. The highest BCUT2D eigenvalue weighted by Gasteiger charge is 2.13. The number of ether oxygens (including phenoxy) is 1. The number of nitrogens with one attached hydrogen (secondary N) is 1. The van der Waals surface area contributed by atoms with Gasteiger partial charge in [-0.15, -0.1) is 0 Å². The molecule has 0 spiro atoms. The summed E-state index contributed by atoms with van der Waals surface area (Å²) in [5.41, 5.74) is 2.89. The van der Waals surface area contributed by atoms with Gasteiger partial charge in [-0.2, -0.15) is 10.4 Å². The van der Waals surface area contributed by atoms with Crippen molar-refractivity contribution >= 4 is 23.1 Å². The standard InChI is InChI=1S/C12H12N4O4/c1-3-20-12(17)11(7-13)15-14-10-6-9(16(18)19)5-4-8(10)2/h4-6,14H,3H2,1-2H3/b15-11+. The first kappa shape index (κ1) is 15.1. The van der Waals surface area contributed by atoms with Crippen LogP contribution in [0.4, 0.5) is 11.4 Å². The molecule has 1 aromatic carbocycles. The number of anilines is 1. The van der Waals surface area contributed by atoms with E-state index in [0.717, 1.165) is 0 Å². The third kappa shape index (κ3) is 3.78. The lowest BCUT2D eigenvalue weighted by atomic mass is 10.2. The molecule has 0 amide bonds. The molecule has 0 unspecified atom stereocenters. The predicted molar refractivity (Wildman–Crippen MR) is 71.1 cm³/mol. The van der Waals surface area contributed by atoms with Crippen molar-refractivity contribution in [2.45, 2.75) is 13.8 Å². The van der Waals surface area contributed by atoms with Gasteiger partial charge in [-0.1, -0.05) is 6.07 Å². The Morgan fingerprint density at radius 3 is 2.85 bits per heavy atom. The van der Waals surface area contributed by atoms with E-state index in [4.69, 9.17) is 5.26 Å². The Morgan fingerprint density at radius 1 is 1.60 bits per heavy atom.